The lowest BCUT2D eigenvalue weighted by Crippen LogP contribution is -2.15. The van der Waals surface area contributed by atoms with Crippen LogP contribution in [0.15, 0.2) is 59.5 Å². The smallest absolute Gasteiger partial charge is 0.264 e. The van der Waals surface area contributed by atoms with Crippen LogP contribution in [-0.4, -0.2) is 25.2 Å². The van der Waals surface area contributed by atoms with Crippen molar-refractivity contribution in [1.82, 2.24) is 10.2 Å². The van der Waals surface area contributed by atoms with Crippen molar-refractivity contribution in [1.29, 1.82) is 0 Å². The number of anilines is 1. The molecule has 0 spiro atoms. The maximum atomic E-state index is 13.8. The fraction of sp³-hybridized carbons (Fsp3) is 0.158. The van der Waals surface area contributed by atoms with Crippen LogP contribution in [0.1, 0.15) is 13.3 Å². The molecule has 0 saturated carbocycles. The standard InChI is InChI=1S/C19H17F2N3O3S/c1-2-10-27-19-9-8-17(22-23-19)13-4-3-5-15(11-13)24-28(25,26)18-12-14(20)6-7-16(18)21/h3-9,11-12,24H,2,10H2,1H3. The number of sulfonamides is 1. The minimum Gasteiger partial charge on any atom is -0.477 e. The van der Waals surface area contributed by atoms with E-state index in [0.29, 0.717) is 29.8 Å². The van der Waals surface area contributed by atoms with Crippen molar-refractivity contribution >= 4 is 15.7 Å². The van der Waals surface area contributed by atoms with Crippen LogP contribution in [0.5, 0.6) is 5.88 Å². The van der Waals surface area contributed by atoms with Crippen LogP contribution in [-0.2, 0) is 10.0 Å². The third-order valence-electron chi connectivity index (χ3n) is 3.69. The molecular weight excluding hydrogens is 388 g/mol. The molecule has 6 nitrogen and oxygen atoms in total. The number of benzene rings is 2. The second-order valence-electron chi connectivity index (χ2n) is 5.87. The minimum atomic E-state index is -4.30. The zero-order valence-corrected chi connectivity index (χ0v) is 15.7. The predicted octanol–water partition coefficient (Wildman–Crippen LogP) is 4.01. The first kappa shape index (κ1) is 19.7. The van der Waals surface area contributed by atoms with Crippen molar-refractivity contribution in [2.45, 2.75) is 18.2 Å². The Bertz CT molecular complexity index is 1070. The zero-order valence-electron chi connectivity index (χ0n) is 14.9. The molecule has 1 aromatic heterocycles. The van der Waals surface area contributed by atoms with E-state index in [4.69, 9.17) is 4.74 Å². The SMILES string of the molecule is CCCOc1ccc(-c2cccc(NS(=O)(=O)c3cc(F)ccc3F)c2)nn1. The van der Waals surface area contributed by atoms with Gasteiger partial charge in [0.05, 0.1) is 12.3 Å². The summed E-state index contributed by atoms with van der Waals surface area (Å²) in [6, 6.07) is 11.9. The molecule has 0 radical (unpaired) electrons. The fourth-order valence-electron chi connectivity index (χ4n) is 2.39. The number of hydrogen-bond donors (Lipinski definition) is 1. The number of nitrogens with zero attached hydrogens (tertiary/aromatic N) is 2. The monoisotopic (exact) mass is 405 g/mol. The molecule has 0 bridgehead atoms. The Kier molecular flexibility index (Phi) is 5.84. The van der Waals surface area contributed by atoms with Crippen LogP contribution in [0.3, 0.4) is 0 Å². The molecule has 0 aliphatic heterocycles. The summed E-state index contributed by atoms with van der Waals surface area (Å²) in [7, 11) is -4.30. The number of aromatic nitrogens is 2. The average Bonchev–Trinajstić information content (AvgIpc) is 2.68. The minimum absolute atomic E-state index is 0.175. The molecule has 1 heterocycles. The molecule has 3 rings (SSSR count). The Morgan fingerprint density at radius 1 is 1.04 bits per heavy atom. The first-order chi connectivity index (χ1) is 13.4. The first-order valence-electron chi connectivity index (χ1n) is 8.44. The van der Waals surface area contributed by atoms with Crippen molar-refractivity contribution < 1.29 is 21.9 Å². The van der Waals surface area contributed by atoms with Crippen molar-refractivity contribution in [3.63, 3.8) is 0 Å². The lowest BCUT2D eigenvalue weighted by atomic mass is 10.1. The first-order valence-corrected chi connectivity index (χ1v) is 9.92. The average molecular weight is 405 g/mol. The van der Waals surface area contributed by atoms with Gasteiger partial charge in [0.2, 0.25) is 5.88 Å². The molecule has 1 N–H and O–H groups in total. The van der Waals surface area contributed by atoms with E-state index in [9.17, 15) is 17.2 Å². The molecule has 0 aliphatic carbocycles. The summed E-state index contributed by atoms with van der Waals surface area (Å²) in [6.45, 7) is 2.51. The third kappa shape index (κ3) is 4.61. The van der Waals surface area contributed by atoms with Crippen LogP contribution in [0.4, 0.5) is 14.5 Å². The Morgan fingerprint density at radius 2 is 1.86 bits per heavy atom. The van der Waals surface area contributed by atoms with Crippen molar-refractivity contribution in [3.8, 4) is 17.1 Å². The van der Waals surface area contributed by atoms with E-state index in [1.54, 1.807) is 24.3 Å². The topological polar surface area (TPSA) is 81.2 Å². The summed E-state index contributed by atoms with van der Waals surface area (Å²) < 4.78 is 59.6. The van der Waals surface area contributed by atoms with E-state index >= 15 is 0 Å². The van der Waals surface area contributed by atoms with E-state index < -0.39 is 26.6 Å². The molecular formula is C19H17F2N3O3S. The Hall–Kier alpha value is -3.07. The molecule has 28 heavy (non-hydrogen) atoms. The molecule has 0 unspecified atom stereocenters. The van der Waals surface area contributed by atoms with E-state index in [-0.39, 0.29) is 5.69 Å². The van der Waals surface area contributed by atoms with E-state index in [1.165, 1.54) is 12.1 Å². The number of nitrogens with one attached hydrogen (secondary N) is 1. The lowest BCUT2D eigenvalue weighted by Gasteiger charge is -2.10. The van der Waals surface area contributed by atoms with Gasteiger partial charge in [0.25, 0.3) is 10.0 Å². The Balaban J connectivity index is 1.84. The van der Waals surface area contributed by atoms with E-state index in [2.05, 4.69) is 14.9 Å². The molecule has 146 valence electrons. The summed E-state index contributed by atoms with van der Waals surface area (Å²) in [4.78, 5) is -0.768. The molecule has 0 fully saturated rings. The van der Waals surface area contributed by atoms with Crippen LogP contribution in [0.2, 0.25) is 0 Å². The highest BCUT2D eigenvalue weighted by atomic mass is 32.2. The second-order valence-corrected chi connectivity index (χ2v) is 7.52. The van der Waals surface area contributed by atoms with Crippen LogP contribution in [0, 0.1) is 11.6 Å². The summed E-state index contributed by atoms with van der Waals surface area (Å²) in [5.41, 5.74) is 1.27. The maximum absolute atomic E-state index is 13.8. The van der Waals surface area contributed by atoms with Gasteiger partial charge in [0.15, 0.2) is 0 Å². The number of hydrogen-bond acceptors (Lipinski definition) is 5. The summed E-state index contributed by atoms with van der Waals surface area (Å²) >= 11 is 0. The van der Waals surface area contributed by atoms with Gasteiger partial charge in [-0.25, -0.2) is 17.2 Å². The van der Waals surface area contributed by atoms with Gasteiger partial charge < -0.3 is 4.74 Å². The molecule has 0 atom stereocenters. The van der Waals surface area contributed by atoms with Crippen LogP contribution in [0.25, 0.3) is 11.3 Å². The van der Waals surface area contributed by atoms with Crippen LogP contribution >= 0.6 is 0 Å². The summed E-state index contributed by atoms with van der Waals surface area (Å²) in [6.07, 6.45) is 0.845. The largest absolute Gasteiger partial charge is 0.477 e. The fourth-order valence-corrected chi connectivity index (χ4v) is 3.53. The predicted molar refractivity (Wildman–Crippen MR) is 100 cm³/mol. The van der Waals surface area contributed by atoms with Gasteiger partial charge in [-0.2, -0.15) is 0 Å². The van der Waals surface area contributed by atoms with Crippen LogP contribution < -0.4 is 9.46 Å². The maximum Gasteiger partial charge on any atom is 0.264 e. The molecule has 3 aromatic rings. The highest BCUT2D eigenvalue weighted by molar-refractivity contribution is 7.92. The van der Waals surface area contributed by atoms with Gasteiger partial charge in [-0.1, -0.05) is 19.1 Å². The molecule has 2 aromatic carbocycles. The van der Waals surface area contributed by atoms with Crippen molar-refractivity contribution in [3.05, 3.63) is 66.2 Å². The number of rotatable bonds is 7. The molecule has 0 saturated heterocycles. The lowest BCUT2D eigenvalue weighted by molar-refractivity contribution is 0.302. The molecule has 0 aliphatic rings. The summed E-state index contributed by atoms with van der Waals surface area (Å²) in [5, 5.41) is 8.03. The van der Waals surface area contributed by atoms with Gasteiger partial charge in [-0.15, -0.1) is 10.2 Å². The third-order valence-corrected chi connectivity index (χ3v) is 5.08. The highest BCUT2D eigenvalue weighted by Gasteiger charge is 2.20. The van der Waals surface area contributed by atoms with Gasteiger partial charge in [0.1, 0.15) is 16.5 Å². The molecule has 0 amide bonds. The highest BCUT2D eigenvalue weighted by Crippen LogP contribution is 2.24. The van der Waals surface area contributed by atoms with Crippen molar-refractivity contribution in [2.75, 3.05) is 11.3 Å². The normalized spacial score (nSPS) is 11.2. The summed E-state index contributed by atoms with van der Waals surface area (Å²) in [5.74, 6) is -1.50. The van der Waals surface area contributed by atoms with E-state index in [1.807, 2.05) is 6.92 Å². The number of ether oxygens (including phenoxy) is 1. The Labute approximate surface area is 161 Å². The van der Waals surface area contributed by atoms with E-state index in [0.717, 1.165) is 18.6 Å². The molecule has 9 heteroatoms. The zero-order chi connectivity index (χ0) is 20.1. The van der Waals surface area contributed by atoms with Gasteiger partial charge >= 0.3 is 0 Å². The van der Waals surface area contributed by atoms with Gasteiger partial charge in [-0.3, -0.25) is 4.72 Å². The number of halogens is 2. The van der Waals surface area contributed by atoms with Gasteiger partial charge in [-0.05, 0) is 42.8 Å². The van der Waals surface area contributed by atoms with Gasteiger partial charge in [0, 0.05) is 17.3 Å². The second kappa shape index (κ2) is 8.30. The Morgan fingerprint density at radius 3 is 2.57 bits per heavy atom. The quantitative estimate of drug-likeness (QED) is 0.642. The van der Waals surface area contributed by atoms with Crippen molar-refractivity contribution in [2.24, 2.45) is 0 Å².